The Balaban J connectivity index is 1.49. The Morgan fingerprint density at radius 1 is 1.15 bits per heavy atom. The number of anilines is 1. The van der Waals surface area contributed by atoms with Crippen molar-refractivity contribution in [2.75, 3.05) is 11.9 Å². The van der Waals surface area contributed by atoms with E-state index in [0.717, 1.165) is 30.4 Å². The molecule has 1 fully saturated rings. The average Bonchev–Trinajstić information content (AvgIpc) is 3.23. The number of piperidine rings is 1. The van der Waals surface area contributed by atoms with Crippen molar-refractivity contribution in [1.82, 2.24) is 14.5 Å². The summed E-state index contributed by atoms with van der Waals surface area (Å²) >= 11 is 0. The van der Waals surface area contributed by atoms with Gasteiger partial charge < -0.3 is 10.4 Å². The Hall–Kier alpha value is -3.17. The SMILES string of the molecule is Cc1cc(C)c(-c2cc(C(=O)Nc3ccc(S(=O)(=O)N4CCCC[C@H]4C)cc3)[nH]n2)c(O)c1. The number of hydrogen-bond donors (Lipinski definition) is 3. The molecule has 8 nitrogen and oxygen atoms in total. The number of aromatic amines is 1. The maximum Gasteiger partial charge on any atom is 0.273 e. The van der Waals surface area contributed by atoms with E-state index in [9.17, 15) is 18.3 Å². The number of hydrogen-bond acceptors (Lipinski definition) is 5. The summed E-state index contributed by atoms with van der Waals surface area (Å²) < 4.78 is 27.5. The van der Waals surface area contributed by atoms with E-state index in [0.29, 0.717) is 23.5 Å². The molecule has 0 unspecified atom stereocenters. The van der Waals surface area contributed by atoms with Crippen molar-refractivity contribution in [1.29, 1.82) is 0 Å². The first-order chi connectivity index (χ1) is 15.7. The lowest BCUT2D eigenvalue weighted by atomic mass is 10.0. The Bertz CT molecular complexity index is 1260. The lowest BCUT2D eigenvalue weighted by Gasteiger charge is -2.32. The fourth-order valence-corrected chi connectivity index (χ4v) is 6.02. The number of benzene rings is 2. The fourth-order valence-electron chi connectivity index (χ4n) is 4.32. The van der Waals surface area contributed by atoms with Crippen LogP contribution in [0.4, 0.5) is 5.69 Å². The second kappa shape index (κ2) is 8.99. The number of H-pyrrole nitrogens is 1. The van der Waals surface area contributed by atoms with Crippen LogP contribution in [0.5, 0.6) is 5.75 Å². The summed E-state index contributed by atoms with van der Waals surface area (Å²) in [5, 5.41) is 19.9. The first-order valence-electron chi connectivity index (χ1n) is 11.0. The van der Waals surface area contributed by atoms with Crippen LogP contribution in [0.25, 0.3) is 11.3 Å². The van der Waals surface area contributed by atoms with Gasteiger partial charge in [0.2, 0.25) is 10.0 Å². The number of amides is 1. The highest BCUT2D eigenvalue weighted by molar-refractivity contribution is 7.89. The summed E-state index contributed by atoms with van der Waals surface area (Å²) in [6.07, 6.45) is 2.76. The third-order valence-electron chi connectivity index (χ3n) is 6.00. The largest absolute Gasteiger partial charge is 0.507 e. The van der Waals surface area contributed by atoms with Gasteiger partial charge in [-0.3, -0.25) is 9.89 Å². The Labute approximate surface area is 193 Å². The number of rotatable bonds is 5. The summed E-state index contributed by atoms with van der Waals surface area (Å²) in [4.78, 5) is 12.9. The number of nitrogens with zero attached hydrogens (tertiary/aromatic N) is 2. The number of carbonyl (C=O) groups excluding carboxylic acids is 1. The number of nitrogens with one attached hydrogen (secondary N) is 2. The van der Waals surface area contributed by atoms with E-state index >= 15 is 0 Å². The van der Waals surface area contributed by atoms with Gasteiger partial charge >= 0.3 is 0 Å². The standard InChI is InChI=1S/C24H28N4O4S/c1-15-12-16(2)23(22(29)13-15)20-14-21(27-26-20)24(30)25-18-7-9-19(10-8-18)33(31,32)28-11-5-4-6-17(28)3/h7-10,12-14,17,29H,4-6,11H2,1-3H3,(H,25,30)(H,26,27)/t17-/m1/s1. The minimum Gasteiger partial charge on any atom is -0.507 e. The van der Waals surface area contributed by atoms with Crippen LogP contribution in [0, 0.1) is 13.8 Å². The molecular formula is C24H28N4O4S. The molecule has 2 aromatic carbocycles. The van der Waals surface area contributed by atoms with E-state index in [2.05, 4.69) is 15.5 Å². The van der Waals surface area contributed by atoms with Gasteiger partial charge in [-0.1, -0.05) is 12.5 Å². The van der Waals surface area contributed by atoms with Gasteiger partial charge in [-0.2, -0.15) is 9.40 Å². The van der Waals surface area contributed by atoms with Gasteiger partial charge in [0.25, 0.3) is 5.91 Å². The normalized spacial score (nSPS) is 17.1. The van der Waals surface area contributed by atoms with Crippen LogP contribution in [0.1, 0.15) is 47.8 Å². The number of sulfonamides is 1. The van der Waals surface area contributed by atoms with Gasteiger partial charge in [-0.15, -0.1) is 0 Å². The van der Waals surface area contributed by atoms with E-state index in [1.807, 2.05) is 26.8 Å². The van der Waals surface area contributed by atoms with Crippen molar-refractivity contribution in [3.63, 3.8) is 0 Å². The first kappa shape index (κ1) is 23.0. The maximum absolute atomic E-state index is 13.0. The molecule has 0 radical (unpaired) electrons. The molecule has 3 aromatic rings. The average molecular weight is 469 g/mol. The molecule has 0 aliphatic carbocycles. The van der Waals surface area contributed by atoms with Crippen molar-refractivity contribution >= 4 is 21.6 Å². The van der Waals surface area contributed by atoms with Crippen molar-refractivity contribution in [3.05, 3.63) is 59.3 Å². The lowest BCUT2D eigenvalue weighted by Crippen LogP contribution is -2.41. The van der Waals surface area contributed by atoms with Crippen LogP contribution < -0.4 is 5.32 Å². The Kier molecular flexibility index (Phi) is 6.27. The number of aromatic hydroxyl groups is 1. The molecule has 9 heteroatoms. The third-order valence-corrected chi connectivity index (χ3v) is 8.03. The van der Waals surface area contributed by atoms with Gasteiger partial charge in [0, 0.05) is 23.8 Å². The summed E-state index contributed by atoms with van der Waals surface area (Å²) in [5.74, 6) is -0.316. The van der Waals surface area contributed by atoms with Gasteiger partial charge in [0.15, 0.2) is 0 Å². The lowest BCUT2D eigenvalue weighted by molar-refractivity contribution is 0.102. The van der Waals surface area contributed by atoms with Crippen LogP contribution in [-0.4, -0.2) is 46.5 Å². The summed E-state index contributed by atoms with van der Waals surface area (Å²) in [6, 6.07) is 11.3. The first-order valence-corrected chi connectivity index (χ1v) is 12.4. The predicted molar refractivity (Wildman–Crippen MR) is 127 cm³/mol. The summed E-state index contributed by atoms with van der Waals surface area (Å²) in [6.45, 7) is 6.22. The van der Waals surface area contributed by atoms with Gasteiger partial charge in [-0.25, -0.2) is 8.42 Å². The predicted octanol–water partition coefficient (Wildman–Crippen LogP) is 4.21. The van der Waals surface area contributed by atoms with E-state index in [4.69, 9.17) is 0 Å². The molecule has 0 bridgehead atoms. The number of phenolic OH excluding ortho intramolecular Hbond substituents is 1. The molecule has 0 spiro atoms. The maximum atomic E-state index is 13.0. The Morgan fingerprint density at radius 3 is 2.55 bits per heavy atom. The minimum absolute atomic E-state index is 0.0192. The Morgan fingerprint density at radius 2 is 1.88 bits per heavy atom. The molecule has 0 saturated carbocycles. The topological polar surface area (TPSA) is 115 Å². The molecule has 3 N–H and O–H groups in total. The number of aryl methyl sites for hydroxylation is 2. The van der Waals surface area contributed by atoms with E-state index in [1.165, 1.54) is 12.1 Å². The molecule has 1 aliphatic rings. The zero-order valence-corrected chi connectivity index (χ0v) is 19.7. The van der Waals surface area contributed by atoms with Crippen LogP contribution in [0.15, 0.2) is 47.4 Å². The summed E-state index contributed by atoms with van der Waals surface area (Å²) in [7, 11) is -3.57. The van der Waals surface area contributed by atoms with E-state index in [1.54, 1.807) is 28.6 Å². The van der Waals surface area contributed by atoms with Crippen molar-refractivity contribution in [3.8, 4) is 17.0 Å². The van der Waals surface area contributed by atoms with Crippen LogP contribution in [-0.2, 0) is 10.0 Å². The van der Waals surface area contributed by atoms with Crippen molar-refractivity contribution in [2.24, 2.45) is 0 Å². The molecule has 1 amide bonds. The number of carbonyl (C=O) groups is 1. The van der Waals surface area contributed by atoms with Crippen LogP contribution >= 0.6 is 0 Å². The fraction of sp³-hybridized carbons (Fsp3) is 0.333. The van der Waals surface area contributed by atoms with Crippen LogP contribution in [0.3, 0.4) is 0 Å². The third kappa shape index (κ3) is 4.65. The van der Waals surface area contributed by atoms with Gasteiger partial charge in [0.1, 0.15) is 11.4 Å². The molecule has 4 rings (SSSR count). The highest BCUT2D eigenvalue weighted by Crippen LogP contribution is 2.32. The molecule has 1 aromatic heterocycles. The number of aromatic nitrogens is 2. The van der Waals surface area contributed by atoms with Gasteiger partial charge in [0.05, 0.1) is 10.6 Å². The minimum atomic E-state index is -3.57. The molecule has 1 saturated heterocycles. The second-order valence-corrected chi connectivity index (χ2v) is 10.5. The van der Waals surface area contributed by atoms with E-state index in [-0.39, 0.29) is 22.4 Å². The highest BCUT2D eigenvalue weighted by Gasteiger charge is 2.30. The van der Waals surface area contributed by atoms with Crippen LogP contribution in [0.2, 0.25) is 0 Å². The zero-order chi connectivity index (χ0) is 23.8. The van der Waals surface area contributed by atoms with Crippen molar-refractivity contribution in [2.45, 2.75) is 51.0 Å². The number of phenols is 1. The molecule has 1 atom stereocenters. The summed E-state index contributed by atoms with van der Waals surface area (Å²) in [5.41, 5.74) is 3.51. The molecule has 33 heavy (non-hydrogen) atoms. The highest BCUT2D eigenvalue weighted by atomic mass is 32.2. The monoisotopic (exact) mass is 468 g/mol. The van der Waals surface area contributed by atoms with Crippen molar-refractivity contribution < 1.29 is 18.3 Å². The molecule has 1 aliphatic heterocycles. The molecular weight excluding hydrogens is 440 g/mol. The molecule has 174 valence electrons. The zero-order valence-electron chi connectivity index (χ0n) is 18.9. The van der Waals surface area contributed by atoms with E-state index < -0.39 is 15.9 Å². The van der Waals surface area contributed by atoms with Gasteiger partial charge in [-0.05, 0) is 81.1 Å². The quantitative estimate of drug-likeness (QED) is 0.519. The molecule has 2 heterocycles. The second-order valence-electron chi connectivity index (χ2n) is 8.58. The smallest absolute Gasteiger partial charge is 0.273 e.